The summed E-state index contributed by atoms with van der Waals surface area (Å²) in [7, 11) is 0. The third-order valence-corrected chi connectivity index (χ3v) is 10.8. The first-order chi connectivity index (χ1) is 21.2. The quantitative estimate of drug-likeness (QED) is 0.260. The van der Waals surface area contributed by atoms with Crippen LogP contribution in [0.2, 0.25) is 0 Å². The van der Waals surface area contributed by atoms with Crippen LogP contribution < -0.4 is 10.2 Å². The Labute approximate surface area is 257 Å². The number of fused-ring (bicyclic) bond motifs is 5. The maximum atomic E-state index is 14.7. The first kappa shape index (κ1) is 27.7. The van der Waals surface area contributed by atoms with Gasteiger partial charge in [-0.05, 0) is 95.9 Å². The number of pyridine rings is 2. The Balaban J connectivity index is 1.15. The average molecular weight is 594 g/mol. The molecule has 0 spiro atoms. The number of aromatic nitrogens is 4. The number of rotatable bonds is 6. The zero-order valence-electron chi connectivity index (χ0n) is 25.9. The number of piperidine rings is 2. The first-order valence-corrected chi connectivity index (χ1v) is 16.2. The highest BCUT2D eigenvalue weighted by Crippen LogP contribution is 2.49. The zero-order valence-corrected chi connectivity index (χ0v) is 25.9. The van der Waals surface area contributed by atoms with Crippen LogP contribution in [0.15, 0.2) is 49.1 Å². The number of anilines is 3. The van der Waals surface area contributed by atoms with Gasteiger partial charge in [0, 0.05) is 48.2 Å². The fourth-order valence-corrected chi connectivity index (χ4v) is 8.19. The number of benzene rings is 1. The molecule has 2 aliphatic carbocycles. The summed E-state index contributed by atoms with van der Waals surface area (Å²) in [6, 6.07) is 11.5. The number of halogens is 1. The molecule has 0 atom stereocenters. The summed E-state index contributed by atoms with van der Waals surface area (Å²) >= 11 is 0. The molecule has 3 aliphatic heterocycles. The molecular formula is C35H40FN7O. The van der Waals surface area contributed by atoms with Gasteiger partial charge in [0.05, 0.1) is 34.8 Å². The van der Waals surface area contributed by atoms with Crippen LogP contribution in [0.4, 0.5) is 21.6 Å². The van der Waals surface area contributed by atoms with E-state index >= 15 is 0 Å². The van der Waals surface area contributed by atoms with Crippen molar-refractivity contribution in [3.05, 3.63) is 60.4 Å². The Morgan fingerprint density at radius 1 is 1.02 bits per heavy atom. The highest BCUT2D eigenvalue weighted by atomic mass is 19.1. The summed E-state index contributed by atoms with van der Waals surface area (Å²) in [6.45, 7) is 9.49. The molecule has 9 rings (SSSR count). The number of hydrogen-bond acceptors (Lipinski definition) is 6. The van der Waals surface area contributed by atoms with Crippen LogP contribution in [0.1, 0.15) is 77.8 Å². The maximum absolute atomic E-state index is 14.7. The molecule has 3 aromatic heterocycles. The number of imidazole rings is 1. The second-order valence-electron chi connectivity index (χ2n) is 14.1. The van der Waals surface area contributed by atoms with Crippen molar-refractivity contribution in [1.82, 2.24) is 24.4 Å². The Bertz CT molecular complexity index is 1770. The second-order valence-corrected chi connectivity index (χ2v) is 14.1. The molecule has 2 bridgehead atoms. The van der Waals surface area contributed by atoms with E-state index in [0.717, 1.165) is 58.3 Å². The molecule has 2 saturated carbocycles. The number of carbonyl (C=O) groups excluding carboxylic acids is 1. The highest BCUT2D eigenvalue weighted by Gasteiger charge is 2.51. The van der Waals surface area contributed by atoms with E-state index in [-0.39, 0.29) is 18.0 Å². The SMILES string of the molecule is CC(C)n1cnc2cc(-c3ccc4c(c3)N([C@H]3C[C@@H](N5CC6CCC5CC6)C3)C(=O)C4(C)C)nc(Nc3ccncc3F)c21. The van der Waals surface area contributed by atoms with Crippen LogP contribution in [-0.2, 0) is 10.2 Å². The second kappa shape index (κ2) is 10.1. The smallest absolute Gasteiger partial charge is 0.237 e. The third-order valence-electron chi connectivity index (χ3n) is 10.8. The molecular weight excluding hydrogens is 553 g/mol. The van der Waals surface area contributed by atoms with Crippen LogP contribution in [0.3, 0.4) is 0 Å². The number of carbonyl (C=O) groups is 1. The van der Waals surface area contributed by atoms with Gasteiger partial charge in [-0.2, -0.15) is 0 Å². The molecule has 1 N–H and O–H groups in total. The van der Waals surface area contributed by atoms with E-state index in [9.17, 15) is 9.18 Å². The van der Waals surface area contributed by atoms with Crippen LogP contribution in [0.25, 0.3) is 22.3 Å². The van der Waals surface area contributed by atoms with E-state index in [1.54, 1.807) is 12.3 Å². The lowest BCUT2D eigenvalue weighted by Crippen LogP contribution is -2.61. The van der Waals surface area contributed by atoms with Gasteiger partial charge in [0.25, 0.3) is 0 Å². The minimum Gasteiger partial charge on any atom is -0.336 e. The monoisotopic (exact) mass is 593 g/mol. The molecule has 0 radical (unpaired) electrons. The minimum absolute atomic E-state index is 0.142. The Morgan fingerprint density at radius 3 is 2.52 bits per heavy atom. The van der Waals surface area contributed by atoms with Crippen molar-refractivity contribution < 1.29 is 9.18 Å². The van der Waals surface area contributed by atoms with E-state index in [1.165, 1.54) is 38.4 Å². The van der Waals surface area contributed by atoms with Crippen LogP contribution >= 0.6 is 0 Å². The molecule has 1 aromatic carbocycles. The van der Waals surface area contributed by atoms with E-state index < -0.39 is 11.2 Å². The van der Waals surface area contributed by atoms with Crippen molar-refractivity contribution >= 4 is 34.1 Å². The molecule has 8 nitrogen and oxygen atoms in total. The van der Waals surface area contributed by atoms with E-state index in [0.29, 0.717) is 17.5 Å². The molecule has 1 amide bonds. The van der Waals surface area contributed by atoms with Crippen LogP contribution in [-0.4, -0.2) is 55.0 Å². The van der Waals surface area contributed by atoms with Gasteiger partial charge in [-0.15, -0.1) is 0 Å². The molecule has 228 valence electrons. The van der Waals surface area contributed by atoms with Gasteiger partial charge in [0.2, 0.25) is 5.91 Å². The molecule has 0 unspecified atom stereocenters. The molecule has 9 heteroatoms. The van der Waals surface area contributed by atoms with Crippen molar-refractivity contribution in [3.63, 3.8) is 0 Å². The molecule has 4 aromatic rings. The van der Waals surface area contributed by atoms with Gasteiger partial charge in [-0.1, -0.05) is 12.1 Å². The van der Waals surface area contributed by atoms with Crippen molar-refractivity contribution in [1.29, 1.82) is 0 Å². The van der Waals surface area contributed by atoms with Gasteiger partial charge in [-0.25, -0.2) is 14.4 Å². The topological polar surface area (TPSA) is 79.2 Å². The van der Waals surface area contributed by atoms with Crippen molar-refractivity contribution in [2.45, 2.75) is 95.8 Å². The predicted octanol–water partition coefficient (Wildman–Crippen LogP) is 6.99. The maximum Gasteiger partial charge on any atom is 0.237 e. The fraction of sp³-hybridized carbons (Fsp3) is 0.486. The molecule has 44 heavy (non-hydrogen) atoms. The van der Waals surface area contributed by atoms with Gasteiger partial charge < -0.3 is 14.8 Å². The molecule has 6 heterocycles. The van der Waals surface area contributed by atoms with Gasteiger partial charge in [0.15, 0.2) is 11.6 Å². The van der Waals surface area contributed by atoms with Crippen molar-refractivity contribution in [2.75, 3.05) is 16.8 Å². The predicted molar refractivity (Wildman–Crippen MR) is 171 cm³/mol. The third kappa shape index (κ3) is 4.26. The van der Waals surface area contributed by atoms with Crippen molar-refractivity contribution in [3.8, 4) is 11.3 Å². The number of nitrogens with one attached hydrogen (secondary N) is 1. The number of amides is 1. The van der Waals surface area contributed by atoms with E-state index in [2.05, 4.69) is 52.1 Å². The van der Waals surface area contributed by atoms with Gasteiger partial charge in [0.1, 0.15) is 5.52 Å². The highest BCUT2D eigenvalue weighted by molar-refractivity contribution is 6.08. The molecule has 2 saturated heterocycles. The molecule has 4 fully saturated rings. The first-order valence-electron chi connectivity index (χ1n) is 16.2. The summed E-state index contributed by atoms with van der Waals surface area (Å²) in [5.41, 5.74) is 4.98. The van der Waals surface area contributed by atoms with Gasteiger partial charge >= 0.3 is 0 Å². The lowest BCUT2D eigenvalue weighted by molar-refractivity contribution is -0.123. The Kier molecular flexibility index (Phi) is 6.35. The van der Waals surface area contributed by atoms with E-state index in [4.69, 9.17) is 9.97 Å². The lowest BCUT2D eigenvalue weighted by Gasteiger charge is -2.54. The summed E-state index contributed by atoms with van der Waals surface area (Å²) < 4.78 is 16.7. The normalized spacial score (nSPS) is 26.0. The fourth-order valence-electron chi connectivity index (χ4n) is 8.19. The Hall–Kier alpha value is -3.85. The summed E-state index contributed by atoms with van der Waals surface area (Å²) in [4.78, 5) is 32.4. The van der Waals surface area contributed by atoms with Crippen molar-refractivity contribution in [2.24, 2.45) is 5.92 Å². The summed E-state index contributed by atoms with van der Waals surface area (Å²) in [5.74, 6) is 1.12. The van der Waals surface area contributed by atoms with Crippen LogP contribution in [0.5, 0.6) is 0 Å². The zero-order chi connectivity index (χ0) is 30.3. The average Bonchev–Trinajstić information content (AvgIpc) is 3.52. The summed E-state index contributed by atoms with van der Waals surface area (Å²) in [5, 5.41) is 3.22. The lowest BCUT2D eigenvalue weighted by atomic mass is 9.75. The molecule has 5 aliphatic rings. The largest absolute Gasteiger partial charge is 0.336 e. The number of hydrogen-bond donors (Lipinski definition) is 1. The standard InChI is InChI=1S/C35H40FN7O/c1-20(2)42-19-38-30-16-29(40-33(32(30)42)39-28-11-12-37-17-27(28)36)22-7-10-26-31(13-22)43(34(44)35(26,3)4)25-14-24(15-25)41-18-21-5-8-23(41)9-6-21/h7,10-13,16-17,19-21,23-25H,5-6,8-9,14-15,18H2,1-4H3,(H,37,39,40)/t21?,23?,24-,25+. The minimum atomic E-state index is -0.581. The Morgan fingerprint density at radius 2 is 1.82 bits per heavy atom. The van der Waals surface area contributed by atoms with Crippen LogP contribution in [0, 0.1) is 11.7 Å². The van der Waals surface area contributed by atoms with E-state index in [1.807, 2.05) is 30.8 Å². The summed E-state index contributed by atoms with van der Waals surface area (Å²) in [6.07, 6.45) is 12.1. The number of nitrogens with zero attached hydrogens (tertiary/aromatic N) is 6. The van der Waals surface area contributed by atoms with Gasteiger partial charge in [-0.3, -0.25) is 14.7 Å².